The van der Waals surface area contributed by atoms with Crippen LogP contribution in [-0.4, -0.2) is 25.8 Å². The quantitative estimate of drug-likeness (QED) is 0.169. The summed E-state index contributed by atoms with van der Waals surface area (Å²) in [6, 6.07) is 15.8. The lowest BCUT2D eigenvalue weighted by Gasteiger charge is -2.20. The van der Waals surface area contributed by atoms with Crippen LogP contribution in [-0.2, 0) is 20.7 Å². The van der Waals surface area contributed by atoms with Gasteiger partial charge in [0.15, 0.2) is 0 Å². The number of methoxy groups -OCH3 is 2. The molecule has 6 nitrogen and oxygen atoms in total. The standard InChI is InChI=1S/C24H34O4.C10H13N.H3N.H2/c1-17(2)12-21(18(3)13-24(28-6)11-10-19(4)25)16-22(26)14-20-8-7-9-23(15-20)27-5;1-8(2)11-10-7-5-4-6-9(10)3;;/h7-9,13,15,17,21H,3,10-12,14,16H2,1-2,4-6H3;4-7,11H,1H2,2-3H3;1H3;1H/b24-13-;;;. The summed E-state index contributed by atoms with van der Waals surface area (Å²) in [4.78, 5) is 23.9. The second-order valence-electron chi connectivity index (χ2n) is 10.4. The molecule has 0 heterocycles. The number of rotatable bonds is 15. The number of hydrogen-bond donors (Lipinski definition) is 2. The van der Waals surface area contributed by atoms with Crippen molar-refractivity contribution in [1.82, 2.24) is 6.15 Å². The Hall–Kier alpha value is -3.64. The van der Waals surface area contributed by atoms with Crippen molar-refractivity contribution < 1.29 is 20.5 Å². The molecule has 40 heavy (non-hydrogen) atoms. The molecule has 0 aromatic heterocycles. The van der Waals surface area contributed by atoms with E-state index in [-0.39, 0.29) is 25.1 Å². The summed E-state index contributed by atoms with van der Waals surface area (Å²) >= 11 is 0. The number of para-hydroxylation sites is 1. The lowest BCUT2D eigenvalue weighted by atomic mass is 9.85. The van der Waals surface area contributed by atoms with Gasteiger partial charge in [0.1, 0.15) is 17.3 Å². The number of ketones is 2. The van der Waals surface area contributed by atoms with Crippen molar-refractivity contribution in [1.29, 1.82) is 0 Å². The van der Waals surface area contributed by atoms with E-state index in [1.807, 2.05) is 55.5 Å². The monoisotopic (exact) mass is 552 g/mol. The SMILES string of the molecule is C=C(/C=C(/CCC(C)=O)OC)C(CC(=O)Cc1cccc(OC)c1)CC(C)C.C=C(C)Nc1ccccc1C.N.[HH]. The number of hydrogen-bond acceptors (Lipinski definition) is 6. The predicted octanol–water partition coefficient (Wildman–Crippen LogP) is 8.66. The van der Waals surface area contributed by atoms with Gasteiger partial charge in [0.05, 0.1) is 20.0 Å². The third kappa shape index (κ3) is 15.1. The molecule has 0 aliphatic heterocycles. The molecule has 0 saturated heterocycles. The Morgan fingerprint density at radius 2 is 1.70 bits per heavy atom. The van der Waals surface area contributed by atoms with Gasteiger partial charge in [-0.3, -0.25) is 4.79 Å². The summed E-state index contributed by atoms with van der Waals surface area (Å²) in [7, 11) is 3.22. The Morgan fingerprint density at radius 1 is 1.02 bits per heavy atom. The first-order valence-electron chi connectivity index (χ1n) is 13.5. The summed E-state index contributed by atoms with van der Waals surface area (Å²) in [5, 5.41) is 3.18. The summed E-state index contributed by atoms with van der Waals surface area (Å²) in [6.45, 7) is 17.9. The fourth-order valence-corrected chi connectivity index (χ4v) is 4.09. The van der Waals surface area contributed by atoms with Crippen LogP contribution in [0.15, 0.2) is 84.8 Å². The van der Waals surface area contributed by atoms with Crippen LogP contribution >= 0.6 is 0 Å². The van der Waals surface area contributed by atoms with E-state index < -0.39 is 0 Å². The van der Waals surface area contributed by atoms with Crippen LogP contribution in [0.3, 0.4) is 0 Å². The zero-order valence-electron chi connectivity index (χ0n) is 25.6. The highest BCUT2D eigenvalue weighted by molar-refractivity contribution is 5.81. The van der Waals surface area contributed by atoms with Crippen molar-refractivity contribution in [3.05, 3.63) is 95.9 Å². The zero-order chi connectivity index (χ0) is 29.4. The topological polar surface area (TPSA) is 99.6 Å². The first-order valence-corrected chi connectivity index (χ1v) is 13.5. The minimum Gasteiger partial charge on any atom is -0.501 e. The highest BCUT2D eigenvalue weighted by Crippen LogP contribution is 2.27. The van der Waals surface area contributed by atoms with Crippen molar-refractivity contribution in [2.24, 2.45) is 11.8 Å². The summed E-state index contributed by atoms with van der Waals surface area (Å²) < 4.78 is 10.6. The van der Waals surface area contributed by atoms with Crippen molar-refractivity contribution in [2.75, 3.05) is 19.5 Å². The van der Waals surface area contributed by atoms with Crippen molar-refractivity contribution in [3.63, 3.8) is 0 Å². The van der Waals surface area contributed by atoms with E-state index in [2.05, 4.69) is 45.3 Å². The number of carbonyl (C=O) groups is 2. The van der Waals surface area contributed by atoms with Gasteiger partial charge in [-0.2, -0.15) is 0 Å². The molecule has 222 valence electrons. The number of carbonyl (C=O) groups excluding carboxylic acids is 2. The van der Waals surface area contributed by atoms with Crippen LogP contribution < -0.4 is 16.2 Å². The number of nitrogens with one attached hydrogen (secondary N) is 1. The maximum Gasteiger partial charge on any atom is 0.137 e. The van der Waals surface area contributed by atoms with Crippen molar-refractivity contribution in [3.8, 4) is 5.75 Å². The van der Waals surface area contributed by atoms with E-state index in [0.717, 1.165) is 40.5 Å². The number of anilines is 1. The minimum atomic E-state index is 0. The van der Waals surface area contributed by atoms with Gasteiger partial charge in [-0.15, -0.1) is 0 Å². The van der Waals surface area contributed by atoms with E-state index in [1.165, 1.54) is 5.56 Å². The zero-order valence-corrected chi connectivity index (χ0v) is 25.6. The molecule has 0 aliphatic carbocycles. The largest absolute Gasteiger partial charge is 0.501 e. The van der Waals surface area contributed by atoms with E-state index in [4.69, 9.17) is 9.47 Å². The molecule has 0 aliphatic rings. The Morgan fingerprint density at radius 3 is 2.25 bits per heavy atom. The Kier molecular flexibility index (Phi) is 17.7. The van der Waals surface area contributed by atoms with Gasteiger partial charge in [0.2, 0.25) is 0 Å². The number of Topliss-reactive ketones (excluding diaryl/α,β-unsaturated/α-hetero) is 2. The first-order chi connectivity index (χ1) is 18.4. The fraction of sp³-hybridized carbons (Fsp3) is 0.412. The number of allylic oxidation sites excluding steroid dienone is 4. The Labute approximate surface area is 243 Å². The molecule has 6 heteroatoms. The smallest absolute Gasteiger partial charge is 0.137 e. The number of ether oxygens (including phenoxy) is 2. The van der Waals surface area contributed by atoms with Gasteiger partial charge in [-0.1, -0.05) is 57.3 Å². The molecule has 2 aromatic carbocycles. The average Bonchev–Trinajstić information content (AvgIpc) is 2.87. The molecular weight excluding hydrogens is 500 g/mol. The van der Waals surface area contributed by atoms with Crippen LogP contribution in [0.2, 0.25) is 0 Å². The second-order valence-corrected chi connectivity index (χ2v) is 10.4. The number of aryl methyl sites for hydroxylation is 1. The third-order valence-corrected chi connectivity index (χ3v) is 6.11. The summed E-state index contributed by atoms with van der Waals surface area (Å²) in [6.07, 6.45) is 4.59. The molecular formula is C34H52N2O4. The van der Waals surface area contributed by atoms with Crippen LogP contribution in [0.5, 0.6) is 5.75 Å². The molecule has 4 N–H and O–H groups in total. The van der Waals surface area contributed by atoms with Crippen molar-refractivity contribution in [2.45, 2.75) is 66.7 Å². The van der Waals surface area contributed by atoms with Gasteiger partial charge in [-0.25, -0.2) is 0 Å². The predicted molar refractivity (Wildman–Crippen MR) is 170 cm³/mol. The molecule has 0 bridgehead atoms. The highest BCUT2D eigenvalue weighted by atomic mass is 16.5. The molecule has 0 saturated carbocycles. The van der Waals surface area contributed by atoms with Crippen LogP contribution in [0.25, 0.3) is 0 Å². The first kappa shape index (κ1) is 36.4. The van der Waals surface area contributed by atoms with E-state index in [1.54, 1.807) is 21.1 Å². The molecule has 0 amide bonds. The van der Waals surface area contributed by atoms with Crippen LogP contribution in [0, 0.1) is 18.8 Å². The van der Waals surface area contributed by atoms with E-state index >= 15 is 0 Å². The summed E-state index contributed by atoms with van der Waals surface area (Å²) in [5.74, 6) is 2.29. The van der Waals surface area contributed by atoms with Gasteiger partial charge in [-0.05, 0) is 80.0 Å². The molecule has 0 spiro atoms. The Balaban J connectivity index is 0. The fourth-order valence-electron chi connectivity index (χ4n) is 4.09. The van der Waals surface area contributed by atoms with Crippen LogP contribution in [0.1, 0.15) is 65.9 Å². The molecule has 2 rings (SSSR count). The third-order valence-electron chi connectivity index (χ3n) is 6.11. The molecule has 0 radical (unpaired) electrons. The van der Waals surface area contributed by atoms with Crippen LogP contribution in [0.4, 0.5) is 5.69 Å². The minimum absolute atomic E-state index is 0. The molecule has 1 atom stereocenters. The normalized spacial score (nSPS) is 11.3. The van der Waals surface area contributed by atoms with E-state index in [0.29, 0.717) is 31.6 Å². The molecule has 2 aromatic rings. The second kappa shape index (κ2) is 19.4. The Bertz CT molecular complexity index is 1140. The molecule has 1 unspecified atom stereocenters. The maximum atomic E-state index is 12.7. The van der Waals surface area contributed by atoms with Gasteiger partial charge in [0.25, 0.3) is 0 Å². The van der Waals surface area contributed by atoms with Gasteiger partial charge < -0.3 is 25.7 Å². The number of benzene rings is 2. The highest BCUT2D eigenvalue weighted by Gasteiger charge is 2.19. The van der Waals surface area contributed by atoms with Gasteiger partial charge >= 0.3 is 0 Å². The average molecular weight is 553 g/mol. The molecule has 0 fully saturated rings. The maximum absolute atomic E-state index is 12.7. The van der Waals surface area contributed by atoms with Gasteiger partial charge in [0, 0.05) is 38.5 Å². The lowest BCUT2D eigenvalue weighted by Crippen LogP contribution is -2.14. The van der Waals surface area contributed by atoms with E-state index in [9.17, 15) is 9.59 Å². The summed E-state index contributed by atoms with van der Waals surface area (Å²) in [5.41, 5.74) is 5.19. The lowest BCUT2D eigenvalue weighted by molar-refractivity contribution is -0.119. The van der Waals surface area contributed by atoms with Crippen molar-refractivity contribution >= 4 is 17.3 Å².